The molecule has 0 aliphatic heterocycles. The standard InChI is InChI=1S/C34H35F2N3O7/c1-34(2)30(32(40)38-21-7-5-20(35)6-8-21)31(34)33(41)39-22-9-10-27(24(36)17-22)46-26-11-12-37-25-19-29(45-16-14-43-4)28(18-23(25)26)44-15-13-42-3/h5-12,17-19,30-31H,13-16H2,1-4H3,(H,38,40)(H,39,41)/t30-,31+/m0/s1. The molecule has 1 saturated carbocycles. The molecule has 12 heteroatoms. The summed E-state index contributed by atoms with van der Waals surface area (Å²) in [5.41, 5.74) is 0.553. The van der Waals surface area contributed by atoms with Gasteiger partial charge in [0.25, 0.3) is 0 Å². The Balaban J connectivity index is 1.29. The smallest absolute Gasteiger partial charge is 0.228 e. The predicted molar refractivity (Wildman–Crippen MR) is 167 cm³/mol. The minimum absolute atomic E-state index is 0.0731. The molecule has 1 aromatic heterocycles. The maximum absolute atomic E-state index is 15.3. The van der Waals surface area contributed by atoms with E-state index in [-0.39, 0.29) is 24.0 Å². The van der Waals surface area contributed by atoms with Gasteiger partial charge in [0.05, 0.1) is 30.6 Å². The first-order valence-electron chi connectivity index (χ1n) is 14.6. The number of carbonyl (C=O) groups is 2. The van der Waals surface area contributed by atoms with E-state index in [2.05, 4.69) is 15.6 Å². The van der Waals surface area contributed by atoms with Crippen LogP contribution in [0.4, 0.5) is 20.2 Å². The van der Waals surface area contributed by atoms with Crippen LogP contribution in [0.3, 0.4) is 0 Å². The highest BCUT2D eigenvalue weighted by Crippen LogP contribution is 2.59. The molecule has 4 aromatic rings. The lowest BCUT2D eigenvalue weighted by atomic mass is 10.1. The molecular weight excluding hydrogens is 600 g/mol. The van der Waals surface area contributed by atoms with Gasteiger partial charge in [0, 0.05) is 49.3 Å². The van der Waals surface area contributed by atoms with Crippen LogP contribution in [0, 0.1) is 28.9 Å². The number of hydrogen-bond acceptors (Lipinski definition) is 8. The van der Waals surface area contributed by atoms with Crippen molar-refractivity contribution in [1.82, 2.24) is 4.98 Å². The van der Waals surface area contributed by atoms with Crippen molar-refractivity contribution >= 4 is 34.1 Å². The third kappa shape index (κ3) is 7.35. The molecule has 46 heavy (non-hydrogen) atoms. The normalized spacial score (nSPS) is 16.5. The largest absolute Gasteiger partial charge is 0.487 e. The fourth-order valence-corrected chi connectivity index (χ4v) is 5.28. The number of fused-ring (bicyclic) bond motifs is 1. The number of ether oxygens (including phenoxy) is 5. The van der Waals surface area contributed by atoms with Gasteiger partial charge >= 0.3 is 0 Å². The van der Waals surface area contributed by atoms with Crippen LogP contribution in [0.15, 0.2) is 66.9 Å². The number of aromatic nitrogens is 1. The lowest BCUT2D eigenvalue weighted by molar-refractivity contribution is -0.122. The number of nitrogens with zero attached hydrogens (tertiary/aromatic N) is 1. The molecule has 10 nitrogen and oxygen atoms in total. The summed E-state index contributed by atoms with van der Waals surface area (Å²) in [5, 5.41) is 6.00. The number of halogens is 2. The average molecular weight is 636 g/mol. The van der Waals surface area contributed by atoms with E-state index in [1.54, 1.807) is 32.4 Å². The fraction of sp³-hybridized carbons (Fsp3) is 0.324. The monoisotopic (exact) mass is 635 g/mol. The number of benzene rings is 3. The summed E-state index contributed by atoms with van der Waals surface area (Å²) in [6.45, 7) is 4.94. The molecule has 1 aliphatic carbocycles. The fourth-order valence-electron chi connectivity index (χ4n) is 5.28. The molecule has 1 heterocycles. The number of carbonyl (C=O) groups excluding carboxylic acids is 2. The van der Waals surface area contributed by atoms with Gasteiger partial charge in [-0.05, 0) is 53.9 Å². The minimum atomic E-state index is -0.709. The summed E-state index contributed by atoms with van der Waals surface area (Å²) in [6.07, 6.45) is 1.54. The number of rotatable bonds is 14. The van der Waals surface area contributed by atoms with E-state index in [0.29, 0.717) is 53.7 Å². The van der Waals surface area contributed by atoms with E-state index < -0.39 is 34.8 Å². The lowest BCUT2D eigenvalue weighted by Crippen LogP contribution is -2.20. The van der Waals surface area contributed by atoms with Gasteiger partial charge in [-0.3, -0.25) is 14.6 Å². The van der Waals surface area contributed by atoms with Crippen LogP contribution in [0.1, 0.15) is 13.8 Å². The zero-order valence-corrected chi connectivity index (χ0v) is 25.9. The van der Waals surface area contributed by atoms with E-state index in [9.17, 15) is 14.0 Å². The predicted octanol–water partition coefficient (Wildman–Crippen LogP) is 6.21. The van der Waals surface area contributed by atoms with Crippen molar-refractivity contribution in [3.63, 3.8) is 0 Å². The molecule has 1 fully saturated rings. The molecule has 2 N–H and O–H groups in total. The Morgan fingerprint density at radius 3 is 1.93 bits per heavy atom. The second-order valence-electron chi connectivity index (χ2n) is 11.3. The molecule has 2 amide bonds. The van der Waals surface area contributed by atoms with Gasteiger partial charge in [0.2, 0.25) is 11.8 Å². The first kappa shape index (κ1) is 32.6. The third-order valence-corrected chi connectivity index (χ3v) is 7.78. The Hall–Kier alpha value is -4.81. The van der Waals surface area contributed by atoms with Crippen LogP contribution in [0.2, 0.25) is 0 Å². The van der Waals surface area contributed by atoms with E-state index >= 15 is 4.39 Å². The number of amides is 2. The van der Waals surface area contributed by atoms with Crippen LogP contribution < -0.4 is 24.8 Å². The lowest BCUT2D eigenvalue weighted by Gasteiger charge is -2.15. The third-order valence-electron chi connectivity index (χ3n) is 7.78. The molecule has 2 atom stereocenters. The summed E-state index contributed by atoms with van der Waals surface area (Å²) in [5.74, 6) is -1.99. The summed E-state index contributed by atoms with van der Waals surface area (Å²) >= 11 is 0. The number of methoxy groups -OCH3 is 2. The van der Waals surface area contributed by atoms with Gasteiger partial charge in [-0.25, -0.2) is 8.78 Å². The first-order valence-corrected chi connectivity index (χ1v) is 14.6. The van der Waals surface area contributed by atoms with Crippen molar-refractivity contribution in [2.45, 2.75) is 13.8 Å². The first-order chi connectivity index (χ1) is 22.1. The second-order valence-corrected chi connectivity index (χ2v) is 11.3. The minimum Gasteiger partial charge on any atom is -0.487 e. The maximum atomic E-state index is 15.3. The van der Waals surface area contributed by atoms with Crippen molar-refractivity contribution in [2.24, 2.45) is 17.3 Å². The Labute approximate surface area is 265 Å². The van der Waals surface area contributed by atoms with Crippen molar-refractivity contribution in [3.05, 3.63) is 78.5 Å². The van der Waals surface area contributed by atoms with Gasteiger partial charge in [-0.2, -0.15) is 0 Å². The molecule has 5 rings (SSSR count). The Kier molecular flexibility index (Phi) is 9.98. The van der Waals surface area contributed by atoms with Crippen LogP contribution in [-0.4, -0.2) is 57.4 Å². The van der Waals surface area contributed by atoms with Crippen LogP contribution in [0.5, 0.6) is 23.0 Å². The highest BCUT2D eigenvalue weighted by molar-refractivity contribution is 6.04. The van der Waals surface area contributed by atoms with Crippen molar-refractivity contribution in [1.29, 1.82) is 0 Å². The summed E-state index contributed by atoms with van der Waals surface area (Å²) < 4.78 is 56.3. The topological polar surface area (TPSA) is 117 Å². The average Bonchev–Trinajstić information content (AvgIpc) is 3.62. The van der Waals surface area contributed by atoms with Crippen LogP contribution in [-0.2, 0) is 19.1 Å². The molecule has 3 aromatic carbocycles. The van der Waals surface area contributed by atoms with Crippen molar-refractivity contribution in [3.8, 4) is 23.0 Å². The summed E-state index contributed by atoms with van der Waals surface area (Å²) in [6, 6.07) is 14.5. The highest BCUT2D eigenvalue weighted by Gasteiger charge is 2.65. The van der Waals surface area contributed by atoms with Gasteiger partial charge in [0.15, 0.2) is 23.1 Å². The number of hydrogen-bond donors (Lipinski definition) is 2. The zero-order valence-electron chi connectivity index (χ0n) is 25.9. The summed E-state index contributed by atoms with van der Waals surface area (Å²) in [4.78, 5) is 30.4. The van der Waals surface area contributed by atoms with Gasteiger partial charge < -0.3 is 34.3 Å². The van der Waals surface area contributed by atoms with Gasteiger partial charge in [0.1, 0.15) is 24.8 Å². The van der Waals surface area contributed by atoms with E-state index in [1.165, 1.54) is 42.6 Å². The number of anilines is 2. The Bertz CT molecular complexity index is 1720. The molecule has 242 valence electrons. The summed E-state index contributed by atoms with van der Waals surface area (Å²) in [7, 11) is 3.15. The maximum Gasteiger partial charge on any atom is 0.228 e. The zero-order chi connectivity index (χ0) is 32.8. The number of nitrogens with one attached hydrogen (secondary N) is 2. The Morgan fingerprint density at radius 1 is 0.739 bits per heavy atom. The molecule has 1 aliphatic rings. The van der Waals surface area contributed by atoms with E-state index in [1.807, 2.05) is 13.8 Å². The molecule has 0 bridgehead atoms. The molecule has 0 radical (unpaired) electrons. The molecular formula is C34H35F2N3O7. The van der Waals surface area contributed by atoms with Crippen LogP contribution >= 0.6 is 0 Å². The molecule has 0 unspecified atom stereocenters. The van der Waals surface area contributed by atoms with Gasteiger partial charge in [-0.15, -0.1) is 0 Å². The quantitative estimate of drug-likeness (QED) is 0.157. The van der Waals surface area contributed by atoms with Crippen molar-refractivity contribution in [2.75, 3.05) is 51.3 Å². The van der Waals surface area contributed by atoms with Crippen molar-refractivity contribution < 1.29 is 42.1 Å². The molecule has 0 saturated heterocycles. The van der Waals surface area contributed by atoms with Gasteiger partial charge in [-0.1, -0.05) is 13.8 Å². The highest BCUT2D eigenvalue weighted by atomic mass is 19.1. The molecule has 0 spiro atoms. The second kappa shape index (κ2) is 14.1. The van der Waals surface area contributed by atoms with E-state index in [4.69, 9.17) is 23.7 Å². The Morgan fingerprint density at radius 2 is 1.33 bits per heavy atom. The SMILES string of the molecule is COCCOc1cc2nccc(Oc3ccc(NC(=O)[C@H]4[C@@H](C(=O)Nc5ccc(F)cc5)C4(C)C)cc3F)c2cc1OCCOC. The van der Waals surface area contributed by atoms with E-state index in [0.717, 1.165) is 6.07 Å². The van der Waals surface area contributed by atoms with Crippen LogP contribution in [0.25, 0.3) is 10.9 Å². The number of pyridine rings is 1.